The Hall–Kier alpha value is -2.56. The number of benzene rings is 1. The second-order valence-electron chi connectivity index (χ2n) is 9.54. The molecule has 2 aliphatic heterocycles. The maximum absolute atomic E-state index is 13.2. The summed E-state index contributed by atoms with van der Waals surface area (Å²) >= 11 is 0. The molecule has 31 heavy (non-hydrogen) atoms. The van der Waals surface area contributed by atoms with Crippen LogP contribution in [0.25, 0.3) is 0 Å². The van der Waals surface area contributed by atoms with Crippen LogP contribution in [0.15, 0.2) is 51.4 Å². The Balaban J connectivity index is 1.43. The monoisotopic (exact) mass is 418 g/mol. The van der Waals surface area contributed by atoms with E-state index in [4.69, 9.17) is 0 Å². The van der Waals surface area contributed by atoms with Gasteiger partial charge in [-0.1, -0.05) is 51.1 Å². The van der Waals surface area contributed by atoms with Gasteiger partial charge in [-0.3, -0.25) is 9.79 Å². The van der Waals surface area contributed by atoms with E-state index in [1.807, 2.05) is 11.0 Å². The van der Waals surface area contributed by atoms with Crippen molar-refractivity contribution in [1.82, 2.24) is 4.90 Å². The fourth-order valence-corrected chi connectivity index (χ4v) is 5.41. The van der Waals surface area contributed by atoms with Crippen molar-refractivity contribution in [2.75, 3.05) is 20.1 Å². The number of aliphatic imine (C=N–C) groups is 3. The predicted molar refractivity (Wildman–Crippen MR) is 128 cm³/mol. The summed E-state index contributed by atoms with van der Waals surface area (Å²) in [4.78, 5) is 28.4. The highest BCUT2D eigenvalue weighted by molar-refractivity contribution is 6.40. The first-order chi connectivity index (χ1) is 15.0. The van der Waals surface area contributed by atoms with Crippen LogP contribution in [0.3, 0.4) is 0 Å². The number of likely N-dealkylation sites (tertiary alicyclic amines) is 1. The molecular weight excluding hydrogens is 384 g/mol. The third-order valence-corrected chi connectivity index (χ3v) is 7.08. The summed E-state index contributed by atoms with van der Waals surface area (Å²) in [6.07, 6.45) is 8.96. The van der Waals surface area contributed by atoms with Crippen LogP contribution in [0.2, 0.25) is 0 Å². The van der Waals surface area contributed by atoms with E-state index >= 15 is 0 Å². The third-order valence-electron chi connectivity index (χ3n) is 7.08. The minimum Gasteiger partial charge on any atom is -0.335 e. The third kappa shape index (κ3) is 4.56. The Labute approximate surface area is 186 Å². The van der Waals surface area contributed by atoms with Crippen LogP contribution in [0.5, 0.6) is 0 Å². The van der Waals surface area contributed by atoms with Gasteiger partial charge in [-0.2, -0.15) is 0 Å². The summed E-state index contributed by atoms with van der Waals surface area (Å²) < 4.78 is 0. The van der Waals surface area contributed by atoms with Gasteiger partial charge in [0.2, 0.25) is 5.84 Å². The fraction of sp³-hybridized carbons (Fsp3) is 0.538. The number of carbonyl (C=O) groups is 1. The van der Waals surface area contributed by atoms with Gasteiger partial charge in [0.25, 0.3) is 5.91 Å². The second-order valence-corrected chi connectivity index (χ2v) is 9.54. The summed E-state index contributed by atoms with van der Waals surface area (Å²) in [5, 5.41) is 0. The van der Waals surface area contributed by atoms with Crippen LogP contribution >= 0.6 is 0 Å². The Morgan fingerprint density at radius 1 is 1.16 bits per heavy atom. The first-order valence-electron chi connectivity index (χ1n) is 11.6. The van der Waals surface area contributed by atoms with Crippen LogP contribution in [-0.4, -0.2) is 48.8 Å². The lowest BCUT2D eigenvalue weighted by Crippen LogP contribution is -2.35. The lowest BCUT2D eigenvalue weighted by molar-refractivity contribution is -0.123. The molecule has 1 aliphatic carbocycles. The van der Waals surface area contributed by atoms with E-state index in [1.165, 1.54) is 11.1 Å². The van der Waals surface area contributed by atoms with Crippen LogP contribution < -0.4 is 0 Å². The quantitative estimate of drug-likeness (QED) is 0.500. The highest BCUT2D eigenvalue weighted by Crippen LogP contribution is 2.47. The van der Waals surface area contributed by atoms with Gasteiger partial charge >= 0.3 is 0 Å². The van der Waals surface area contributed by atoms with Gasteiger partial charge in [0.1, 0.15) is 5.84 Å². The molecule has 4 rings (SSSR count). The molecule has 164 valence electrons. The van der Waals surface area contributed by atoms with E-state index in [0.717, 1.165) is 32.4 Å². The van der Waals surface area contributed by atoms with Crippen molar-refractivity contribution in [3.05, 3.63) is 47.5 Å². The van der Waals surface area contributed by atoms with E-state index in [-0.39, 0.29) is 17.7 Å². The molecule has 5 nitrogen and oxygen atoms in total. The number of hydrogen-bond donors (Lipinski definition) is 0. The number of fused-ring (bicyclic) bond motifs is 1. The highest BCUT2D eigenvalue weighted by Gasteiger charge is 2.43. The van der Waals surface area contributed by atoms with E-state index in [9.17, 15) is 4.79 Å². The SMILES string of the molecule is CN=C(N=C1N=CC=CCC1C)C(=O)N1C[C@H]2CC(c3ccccc3C(C)C)C[C@H]2C1. The van der Waals surface area contributed by atoms with Crippen molar-refractivity contribution in [2.24, 2.45) is 32.7 Å². The molecule has 1 saturated heterocycles. The van der Waals surface area contributed by atoms with Crippen LogP contribution in [0.4, 0.5) is 0 Å². The average Bonchev–Trinajstić information content (AvgIpc) is 3.27. The van der Waals surface area contributed by atoms with Crippen molar-refractivity contribution >= 4 is 23.8 Å². The standard InChI is InChI=1S/C26H34N4O/c1-17(2)22-10-5-6-11-23(22)19-13-20-15-30(16-21(20)14-19)26(31)25(27-4)29-24-18(3)9-7-8-12-28-24/h5-8,10-12,17-21H,9,13-16H2,1-4H3/t18?,19?,20-,21+. The summed E-state index contributed by atoms with van der Waals surface area (Å²) in [5.41, 5.74) is 2.99. The van der Waals surface area contributed by atoms with Gasteiger partial charge in [-0.25, -0.2) is 9.98 Å². The number of nitrogens with zero attached hydrogens (tertiary/aromatic N) is 4. The second kappa shape index (κ2) is 9.29. The lowest BCUT2D eigenvalue weighted by Gasteiger charge is -2.22. The topological polar surface area (TPSA) is 57.4 Å². The largest absolute Gasteiger partial charge is 0.335 e. The van der Waals surface area contributed by atoms with Gasteiger partial charge in [0, 0.05) is 32.3 Å². The van der Waals surface area contributed by atoms with Crippen LogP contribution in [0, 0.1) is 17.8 Å². The number of allylic oxidation sites excluding steroid dienone is 2. The summed E-state index contributed by atoms with van der Waals surface area (Å²) in [5.74, 6) is 3.38. The molecule has 1 saturated carbocycles. The molecule has 0 N–H and O–H groups in total. The number of carbonyl (C=O) groups excluding carboxylic acids is 1. The summed E-state index contributed by atoms with van der Waals surface area (Å²) in [6, 6.07) is 8.91. The van der Waals surface area contributed by atoms with E-state index < -0.39 is 0 Å². The van der Waals surface area contributed by atoms with Crippen molar-refractivity contribution in [3.63, 3.8) is 0 Å². The number of amidine groups is 2. The number of amides is 1. The first-order valence-corrected chi connectivity index (χ1v) is 11.6. The maximum atomic E-state index is 13.2. The first kappa shape index (κ1) is 21.7. The van der Waals surface area contributed by atoms with Crippen LogP contribution in [0.1, 0.15) is 63.0 Å². The summed E-state index contributed by atoms with van der Waals surface area (Å²) in [6.45, 7) is 8.26. The molecule has 4 atom stereocenters. The lowest BCUT2D eigenvalue weighted by atomic mass is 9.87. The minimum atomic E-state index is -0.0527. The zero-order valence-electron chi connectivity index (χ0n) is 19.2. The fourth-order valence-electron chi connectivity index (χ4n) is 5.41. The van der Waals surface area contributed by atoms with E-state index in [2.05, 4.69) is 66.1 Å². The molecule has 2 heterocycles. The number of hydrogen-bond acceptors (Lipinski definition) is 2. The normalized spacial score (nSPS) is 29.6. The molecule has 1 aromatic carbocycles. The molecule has 0 bridgehead atoms. The molecule has 2 unspecified atom stereocenters. The zero-order chi connectivity index (χ0) is 22.0. The highest BCUT2D eigenvalue weighted by atomic mass is 16.2. The Bertz CT molecular complexity index is 928. The van der Waals surface area contributed by atoms with E-state index in [0.29, 0.717) is 29.5 Å². The molecule has 2 fully saturated rings. The van der Waals surface area contributed by atoms with E-state index in [1.54, 1.807) is 13.3 Å². The molecule has 0 radical (unpaired) electrons. The maximum Gasteiger partial charge on any atom is 0.291 e. The predicted octanol–water partition coefficient (Wildman–Crippen LogP) is 4.86. The Morgan fingerprint density at radius 2 is 1.87 bits per heavy atom. The van der Waals surface area contributed by atoms with Crippen molar-refractivity contribution in [2.45, 2.75) is 51.9 Å². The van der Waals surface area contributed by atoms with Gasteiger partial charge in [0.15, 0.2) is 0 Å². The average molecular weight is 419 g/mol. The number of rotatable bonds is 2. The summed E-state index contributed by atoms with van der Waals surface area (Å²) in [7, 11) is 1.65. The molecule has 0 spiro atoms. The van der Waals surface area contributed by atoms with Gasteiger partial charge in [-0.05, 0) is 60.1 Å². The van der Waals surface area contributed by atoms with Gasteiger partial charge in [0.05, 0.1) is 0 Å². The minimum absolute atomic E-state index is 0.0527. The van der Waals surface area contributed by atoms with Gasteiger partial charge in [-0.15, -0.1) is 0 Å². The Kier molecular flexibility index (Phi) is 6.49. The molecule has 1 aromatic rings. The van der Waals surface area contributed by atoms with Gasteiger partial charge < -0.3 is 4.90 Å². The smallest absolute Gasteiger partial charge is 0.291 e. The molecule has 5 heteroatoms. The van der Waals surface area contributed by atoms with Crippen molar-refractivity contribution in [3.8, 4) is 0 Å². The van der Waals surface area contributed by atoms with Crippen molar-refractivity contribution < 1.29 is 4.79 Å². The van der Waals surface area contributed by atoms with Crippen molar-refractivity contribution in [1.29, 1.82) is 0 Å². The molecular formula is C26H34N4O. The molecule has 3 aliphatic rings. The molecule has 1 amide bonds. The molecule has 0 aromatic heterocycles. The Morgan fingerprint density at radius 3 is 2.55 bits per heavy atom. The van der Waals surface area contributed by atoms with Crippen LogP contribution in [-0.2, 0) is 4.79 Å². The zero-order valence-corrected chi connectivity index (χ0v) is 19.2.